The van der Waals surface area contributed by atoms with Crippen molar-refractivity contribution in [2.75, 3.05) is 9.80 Å². The molecule has 0 saturated carbocycles. The van der Waals surface area contributed by atoms with Crippen molar-refractivity contribution in [2.24, 2.45) is 0 Å². The summed E-state index contributed by atoms with van der Waals surface area (Å²) in [4.78, 5) is 3.68. The Labute approximate surface area is 579 Å². The number of anilines is 6. The highest BCUT2D eigenvalue weighted by Crippen LogP contribution is 2.60. The van der Waals surface area contributed by atoms with Gasteiger partial charge >= 0.3 is 0 Å². The van der Waals surface area contributed by atoms with E-state index in [-0.39, 0.29) is 11.4 Å². The molecule has 2 unspecified atom stereocenters. The lowest BCUT2D eigenvalue weighted by Crippen LogP contribution is -2.29. The van der Waals surface area contributed by atoms with Gasteiger partial charge in [-0.2, -0.15) is 0 Å². The molecule has 482 valence electrons. The molecule has 2 atom stereocenters. The van der Waals surface area contributed by atoms with Crippen LogP contribution in [-0.4, -0.2) is 0 Å². The number of aryl methyl sites for hydroxylation is 2. The highest BCUT2D eigenvalue weighted by molar-refractivity contribution is 5.92. The van der Waals surface area contributed by atoms with E-state index in [9.17, 15) is 0 Å². The van der Waals surface area contributed by atoms with E-state index in [0.29, 0.717) is 45.7 Å². The maximum atomic E-state index is 16.7. The van der Waals surface area contributed by atoms with Gasteiger partial charge in [-0.3, -0.25) is 0 Å². The number of halogens is 4. The Morgan fingerprint density at radius 3 is 0.950 bits per heavy atom. The minimum Gasteiger partial charge on any atom is -0.457 e. The van der Waals surface area contributed by atoms with Gasteiger partial charge in [-0.25, -0.2) is 17.6 Å². The number of fused-ring (bicyclic) bond motifs is 6. The quantitative estimate of drug-likeness (QED) is 0.0849. The summed E-state index contributed by atoms with van der Waals surface area (Å²) in [6.45, 7) is 11.9. The van der Waals surface area contributed by atoms with E-state index in [2.05, 4.69) is 173 Å². The third-order valence-corrected chi connectivity index (χ3v) is 19.7. The number of rotatable bonds is 17. The van der Waals surface area contributed by atoms with E-state index < -0.39 is 34.1 Å². The molecule has 0 N–H and O–H groups in total. The maximum Gasteiger partial charge on any atom is 0.150 e. The summed E-state index contributed by atoms with van der Waals surface area (Å²) in [6, 6.07) is 102. The van der Waals surface area contributed by atoms with Crippen molar-refractivity contribution >= 4 is 46.3 Å². The van der Waals surface area contributed by atoms with Crippen molar-refractivity contribution in [3.05, 3.63) is 419 Å². The van der Waals surface area contributed by atoms with Crippen LogP contribution in [0.3, 0.4) is 0 Å². The van der Waals surface area contributed by atoms with Crippen LogP contribution >= 0.6 is 0 Å². The fourth-order valence-electron chi connectivity index (χ4n) is 14.9. The second kappa shape index (κ2) is 25.5. The molecule has 0 radical (unpaired) electrons. The summed E-state index contributed by atoms with van der Waals surface area (Å²) >= 11 is 0. The largest absolute Gasteiger partial charge is 0.457 e. The lowest BCUT2D eigenvalue weighted by atomic mass is 9.67. The van der Waals surface area contributed by atoms with Crippen molar-refractivity contribution in [1.29, 1.82) is 0 Å². The Kier molecular flexibility index (Phi) is 15.9. The number of hydrogen-bond donors (Lipinski definition) is 0. The zero-order valence-corrected chi connectivity index (χ0v) is 54.8. The van der Waals surface area contributed by atoms with Crippen molar-refractivity contribution in [3.8, 4) is 56.4 Å². The van der Waals surface area contributed by atoms with E-state index in [1.54, 1.807) is 12.2 Å². The van der Waals surface area contributed by atoms with Crippen molar-refractivity contribution in [3.63, 3.8) is 0 Å². The van der Waals surface area contributed by atoms with Crippen molar-refractivity contribution < 1.29 is 27.0 Å². The molecule has 8 heteroatoms. The zero-order valence-electron chi connectivity index (χ0n) is 54.8. The molecule has 16 rings (SSSR count). The third kappa shape index (κ3) is 10.8. The monoisotopic (exact) mass is 1300 g/mol. The summed E-state index contributed by atoms with van der Waals surface area (Å²) in [5.41, 5.74) is 19.6. The van der Waals surface area contributed by atoms with Gasteiger partial charge in [-0.1, -0.05) is 218 Å². The minimum absolute atomic E-state index is 0.159. The molecule has 0 bridgehead atoms. The van der Waals surface area contributed by atoms with Gasteiger partial charge in [0.15, 0.2) is 0 Å². The first kappa shape index (κ1) is 62.3. The molecular weight excluding hydrogens is 1240 g/mol. The van der Waals surface area contributed by atoms with E-state index in [4.69, 9.17) is 9.47 Å². The Hall–Kier alpha value is -12.5. The fourth-order valence-corrected chi connectivity index (χ4v) is 14.9. The first-order valence-electron chi connectivity index (χ1n) is 33.2. The standard InChI is InChI=1S/C92H64F4N2O2/c1-5-61-19-43-75(44-20-61)99-77-47-31-67(32-48-77)91(65-27-15-59(3)16-28-65)83-13-9-7-11-79(83)81-51-41-73(57-85(81)91)97(89-53-35-69(93)55-87(89)95)71-37-23-63(24-38-71)64-25-39-72(40-26-64)98(90-54-36-70(94)56-88(90)96)74-42-52-82-80-12-8-10-14-84(80)92(86(82)58-74,66-29-17-60(4)18-30-66)68-33-49-78(50-34-68)100-76-45-21-62(6-2)22-46-76/h5-58H,1-2H2,3-4H3. The van der Waals surface area contributed by atoms with Gasteiger partial charge in [-0.05, 0) is 224 Å². The zero-order chi connectivity index (χ0) is 68.2. The SMILES string of the molecule is C=Cc1ccc(Oc2ccc(C3(c4ccc(C)cc4)c4ccccc4-c4ccc(N(c5ccc(-c6ccc(N(c7ccc8c(c7)C(c7ccc(C)cc7)(c7ccc(Oc9ccc(C=C)cc9)cc7)c7ccccc7-8)c7ccc(F)cc7F)cc6)cc5)c5ccc(F)cc5F)cc43)cc2)cc1. The second-order valence-corrected chi connectivity index (χ2v) is 25.5. The molecule has 4 nitrogen and oxygen atoms in total. The average molecular weight is 1310 g/mol. The van der Waals surface area contributed by atoms with E-state index in [1.165, 1.54) is 24.3 Å². The van der Waals surface area contributed by atoms with Crippen LogP contribution in [0.5, 0.6) is 23.0 Å². The summed E-state index contributed by atoms with van der Waals surface area (Å²) in [6.07, 6.45) is 3.60. The Balaban J connectivity index is 0.776. The Morgan fingerprint density at radius 1 is 0.300 bits per heavy atom. The lowest BCUT2D eigenvalue weighted by molar-refractivity contribution is 0.482. The van der Waals surface area contributed by atoms with Gasteiger partial charge in [0.1, 0.15) is 46.3 Å². The molecule has 14 aromatic carbocycles. The smallest absolute Gasteiger partial charge is 0.150 e. The molecule has 0 amide bonds. The highest BCUT2D eigenvalue weighted by Gasteiger charge is 2.48. The van der Waals surface area contributed by atoms with Crippen LogP contribution < -0.4 is 19.3 Å². The molecule has 100 heavy (non-hydrogen) atoms. The number of hydrogen-bond acceptors (Lipinski definition) is 4. The van der Waals surface area contributed by atoms with E-state index in [0.717, 1.165) is 112 Å². The number of nitrogens with zero attached hydrogens (tertiary/aromatic N) is 2. The predicted octanol–water partition coefficient (Wildman–Crippen LogP) is 25.1. The van der Waals surface area contributed by atoms with Crippen LogP contribution in [0.1, 0.15) is 66.8 Å². The van der Waals surface area contributed by atoms with Crippen LogP contribution in [0.4, 0.5) is 51.7 Å². The Morgan fingerprint density at radius 2 is 0.610 bits per heavy atom. The molecule has 0 spiro atoms. The van der Waals surface area contributed by atoms with Crippen LogP contribution in [0.2, 0.25) is 0 Å². The molecule has 0 heterocycles. The van der Waals surface area contributed by atoms with Gasteiger partial charge in [0.2, 0.25) is 0 Å². The summed E-state index contributed by atoms with van der Waals surface area (Å²) in [7, 11) is 0. The van der Waals surface area contributed by atoms with Gasteiger partial charge in [0.05, 0.1) is 22.2 Å². The van der Waals surface area contributed by atoms with E-state index in [1.807, 2.05) is 143 Å². The van der Waals surface area contributed by atoms with Gasteiger partial charge in [0.25, 0.3) is 0 Å². The first-order valence-corrected chi connectivity index (χ1v) is 33.2. The fraction of sp³-hybridized carbons (Fsp3) is 0.0435. The van der Waals surface area contributed by atoms with Crippen LogP contribution in [0.15, 0.2) is 329 Å². The maximum absolute atomic E-state index is 16.7. The molecule has 0 saturated heterocycles. The molecule has 0 fully saturated rings. The van der Waals surface area contributed by atoms with Gasteiger partial charge in [-0.15, -0.1) is 0 Å². The lowest BCUT2D eigenvalue weighted by Gasteiger charge is -2.35. The van der Waals surface area contributed by atoms with Crippen molar-refractivity contribution in [2.45, 2.75) is 24.7 Å². The molecule has 0 aliphatic heterocycles. The second-order valence-electron chi connectivity index (χ2n) is 25.5. The summed E-state index contributed by atoms with van der Waals surface area (Å²) < 4.78 is 76.3. The van der Waals surface area contributed by atoms with Crippen molar-refractivity contribution in [1.82, 2.24) is 0 Å². The molecular formula is C92H64F4N2O2. The van der Waals surface area contributed by atoms with Crippen LogP contribution in [0, 0.1) is 37.1 Å². The molecule has 2 aliphatic rings. The third-order valence-electron chi connectivity index (χ3n) is 19.7. The predicted molar refractivity (Wildman–Crippen MR) is 398 cm³/mol. The Bertz CT molecular complexity index is 5100. The molecule has 2 aliphatic carbocycles. The summed E-state index contributed by atoms with van der Waals surface area (Å²) in [5, 5.41) is 0. The number of ether oxygens (including phenoxy) is 2. The minimum atomic E-state index is -0.844. The summed E-state index contributed by atoms with van der Waals surface area (Å²) in [5.74, 6) is -0.0917. The molecule has 14 aromatic rings. The van der Waals surface area contributed by atoms with E-state index >= 15 is 17.6 Å². The normalized spacial score (nSPS) is 14.7. The average Bonchev–Trinajstić information content (AvgIpc) is 1.54. The highest BCUT2D eigenvalue weighted by atomic mass is 19.1. The van der Waals surface area contributed by atoms with Crippen LogP contribution in [-0.2, 0) is 10.8 Å². The van der Waals surface area contributed by atoms with Gasteiger partial charge < -0.3 is 19.3 Å². The van der Waals surface area contributed by atoms with Gasteiger partial charge in [0, 0.05) is 34.9 Å². The molecule has 0 aromatic heterocycles. The first-order chi connectivity index (χ1) is 48.9. The van der Waals surface area contributed by atoms with Crippen LogP contribution in [0.25, 0.3) is 45.5 Å². The topological polar surface area (TPSA) is 24.9 Å². The number of benzene rings is 14.